The van der Waals surface area contributed by atoms with E-state index in [9.17, 15) is 0 Å². The SMILES string of the molecule is COCCCN1CCOc2ccc(COC3CNCCC3c3ccc(OCCCOc4cccc(OC)c4)cc3)cc21. The molecule has 2 unspecified atom stereocenters. The van der Waals surface area contributed by atoms with E-state index >= 15 is 0 Å². The Morgan fingerprint density at radius 1 is 0.881 bits per heavy atom. The second kappa shape index (κ2) is 15.7. The van der Waals surface area contributed by atoms with Crippen LogP contribution in [0, 0.1) is 0 Å². The highest BCUT2D eigenvalue weighted by molar-refractivity contribution is 5.61. The summed E-state index contributed by atoms with van der Waals surface area (Å²) >= 11 is 0. The summed E-state index contributed by atoms with van der Waals surface area (Å²) in [4.78, 5) is 2.39. The number of methoxy groups -OCH3 is 2. The van der Waals surface area contributed by atoms with E-state index < -0.39 is 0 Å². The summed E-state index contributed by atoms with van der Waals surface area (Å²) < 4.78 is 34.7. The normalized spacial score (nSPS) is 18.2. The molecule has 0 radical (unpaired) electrons. The van der Waals surface area contributed by atoms with Crippen molar-refractivity contribution in [3.63, 3.8) is 0 Å². The predicted octanol–water partition coefficient (Wildman–Crippen LogP) is 5.44. The lowest BCUT2D eigenvalue weighted by Gasteiger charge is -2.33. The third-order valence-electron chi connectivity index (χ3n) is 7.83. The molecule has 0 aliphatic carbocycles. The zero-order valence-corrected chi connectivity index (χ0v) is 24.9. The maximum atomic E-state index is 6.54. The lowest BCUT2D eigenvalue weighted by molar-refractivity contribution is 0.0106. The van der Waals surface area contributed by atoms with Crippen molar-refractivity contribution in [1.82, 2.24) is 5.32 Å². The molecule has 2 atom stereocenters. The molecule has 2 aliphatic rings. The fourth-order valence-electron chi connectivity index (χ4n) is 5.57. The first-order valence-corrected chi connectivity index (χ1v) is 15.0. The fraction of sp³-hybridized carbons (Fsp3) is 0.471. The highest BCUT2D eigenvalue weighted by Crippen LogP contribution is 2.34. The van der Waals surface area contributed by atoms with Crippen LogP contribution in [0.25, 0.3) is 0 Å². The van der Waals surface area contributed by atoms with Gasteiger partial charge in [0, 0.05) is 45.2 Å². The molecule has 226 valence electrons. The Kier molecular flexibility index (Phi) is 11.2. The molecule has 3 aromatic carbocycles. The highest BCUT2D eigenvalue weighted by atomic mass is 16.5. The predicted molar refractivity (Wildman–Crippen MR) is 164 cm³/mol. The van der Waals surface area contributed by atoms with Gasteiger partial charge in [-0.3, -0.25) is 0 Å². The number of nitrogens with one attached hydrogen (secondary N) is 1. The highest BCUT2D eigenvalue weighted by Gasteiger charge is 2.27. The molecule has 5 rings (SSSR count). The standard InChI is InChI=1S/C34H44N2O6/c1-37-18-4-16-36-17-21-41-33-13-8-26(22-32(33)36)25-42-34-24-35-15-14-31(34)27-9-11-28(12-10-27)39-19-5-20-40-30-7-3-6-29(23-30)38-2/h3,6-13,22-23,31,34-35H,4-5,14-21,24-25H2,1-2H3. The van der Waals surface area contributed by atoms with Gasteiger partial charge in [0.25, 0.3) is 0 Å². The van der Waals surface area contributed by atoms with Gasteiger partial charge in [0.1, 0.15) is 29.6 Å². The second-order valence-electron chi connectivity index (χ2n) is 10.7. The molecule has 8 nitrogen and oxygen atoms in total. The third-order valence-corrected chi connectivity index (χ3v) is 7.83. The molecule has 8 heteroatoms. The molecule has 0 aromatic heterocycles. The van der Waals surface area contributed by atoms with Gasteiger partial charge in [0.05, 0.1) is 45.3 Å². The van der Waals surface area contributed by atoms with Crippen molar-refractivity contribution in [3.8, 4) is 23.0 Å². The average Bonchev–Trinajstić information content (AvgIpc) is 3.04. The maximum absolute atomic E-state index is 6.54. The van der Waals surface area contributed by atoms with Crippen LogP contribution in [0.2, 0.25) is 0 Å². The Balaban J connectivity index is 1.10. The van der Waals surface area contributed by atoms with Crippen LogP contribution < -0.4 is 29.2 Å². The number of benzene rings is 3. The lowest BCUT2D eigenvalue weighted by atomic mass is 9.87. The number of nitrogens with zero attached hydrogens (tertiary/aromatic N) is 1. The number of ether oxygens (including phenoxy) is 6. The summed E-state index contributed by atoms with van der Waals surface area (Å²) in [6.45, 7) is 6.91. The van der Waals surface area contributed by atoms with Crippen molar-refractivity contribution in [3.05, 3.63) is 77.9 Å². The summed E-state index contributed by atoms with van der Waals surface area (Å²) in [5.74, 6) is 3.75. The van der Waals surface area contributed by atoms with Gasteiger partial charge in [-0.05, 0) is 66.9 Å². The molecule has 42 heavy (non-hydrogen) atoms. The third kappa shape index (κ3) is 8.31. The van der Waals surface area contributed by atoms with Crippen molar-refractivity contribution in [2.75, 3.05) is 71.7 Å². The summed E-state index contributed by atoms with van der Waals surface area (Å²) in [6.07, 6.45) is 2.93. The number of piperidine rings is 1. The van der Waals surface area contributed by atoms with Crippen molar-refractivity contribution < 1.29 is 28.4 Å². The van der Waals surface area contributed by atoms with E-state index in [2.05, 4.69) is 52.7 Å². The Morgan fingerprint density at radius 3 is 2.55 bits per heavy atom. The van der Waals surface area contributed by atoms with Crippen LogP contribution in [0.15, 0.2) is 66.7 Å². The van der Waals surface area contributed by atoms with E-state index in [0.29, 0.717) is 32.3 Å². The van der Waals surface area contributed by atoms with Gasteiger partial charge in [-0.1, -0.05) is 24.3 Å². The molecule has 1 fully saturated rings. The van der Waals surface area contributed by atoms with E-state index in [0.717, 1.165) is 80.7 Å². The molecular formula is C34H44N2O6. The number of fused-ring (bicyclic) bond motifs is 1. The van der Waals surface area contributed by atoms with Crippen LogP contribution in [0.4, 0.5) is 5.69 Å². The number of hydrogen-bond donors (Lipinski definition) is 1. The van der Waals surface area contributed by atoms with Gasteiger partial charge >= 0.3 is 0 Å². The van der Waals surface area contributed by atoms with Crippen molar-refractivity contribution in [2.45, 2.75) is 37.9 Å². The van der Waals surface area contributed by atoms with E-state index in [1.807, 2.05) is 24.3 Å². The zero-order chi connectivity index (χ0) is 29.0. The number of anilines is 1. The molecular weight excluding hydrogens is 532 g/mol. The Bertz CT molecular complexity index is 1240. The van der Waals surface area contributed by atoms with E-state index in [4.69, 9.17) is 28.4 Å². The minimum atomic E-state index is 0.101. The molecule has 0 spiro atoms. The molecule has 1 saturated heterocycles. The fourth-order valence-corrected chi connectivity index (χ4v) is 5.57. The Morgan fingerprint density at radius 2 is 1.71 bits per heavy atom. The lowest BCUT2D eigenvalue weighted by Crippen LogP contribution is -2.41. The summed E-state index contributed by atoms with van der Waals surface area (Å²) in [6, 6.07) is 22.6. The molecule has 0 saturated carbocycles. The average molecular weight is 577 g/mol. The molecule has 0 bridgehead atoms. The van der Waals surface area contributed by atoms with Gasteiger partial charge in [0.15, 0.2) is 0 Å². The molecule has 2 aliphatic heterocycles. The molecule has 0 amide bonds. The zero-order valence-electron chi connectivity index (χ0n) is 24.9. The van der Waals surface area contributed by atoms with Gasteiger partial charge in [-0.25, -0.2) is 0 Å². The first-order valence-electron chi connectivity index (χ1n) is 15.0. The number of rotatable bonds is 15. The number of hydrogen-bond acceptors (Lipinski definition) is 8. The van der Waals surface area contributed by atoms with Crippen molar-refractivity contribution >= 4 is 5.69 Å². The van der Waals surface area contributed by atoms with Gasteiger partial charge in [-0.2, -0.15) is 0 Å². The summed E-state index contributed by atoms with van der Waals surface area (Å²) in [5.41, 5.74) is 3.61. The van der Waals surface area contributed by atoms with Crippen LogP contribution in [-0.2, 0) is 16.1 Å². The molecule has 1 N–H and O–H groups in total. The van der Waals surface area contributed by atoms with Crippen molar-refractivity contribution in [1.29, 1.82) is 0 Å². The van der Waals surface area contributed by atoms with Gasteiger partial charge < -0.3 is 38.6 Å². The largest absolute Gasteiger partial charge is 0.497 e. The minimum Gasteiger partial charge on any atom is -0.497 e. The minimum absolute atomic E-state index is 0.101. The second-order valence-corrected chi connectivity index (χ2v) is 10.7. The van der Waals surface area contributed by atoms with Crippen LogP contribution in [0.3, 0.4) is 0 Å². The van der Waals surface area contributed by atoms with E-state index in [1.54, 1.807) is 14.2 Å². The topological polar surface area (TPSA) is 70.7 Å². The summed E-state index contributed by atoms with van der Waals surface area (Å²) in [7, 11) is 3.41. The quantitative estimate of drug-likeness (QED) is 0.240. The molecule has 3 aromatic rings. The van der Waals surface area contributed by atoms with E-state index in [-0.39, 0.29) is 6.10 Å². The van der Waals surface area contributed by atoms with Crippen LogP contribution in [0.1, 0.15) is 36.3 Å². The Labute approximate surface area is 249 Å². The monoisotopic (exact) mass is 576 g/mol. The van der Waals surface area contributed by atoms with Crippen LogP contribution in [0.5, 0.6) is 23.0 Å². The van der Waals surface area contributed by atoms with Crippen molar-refractivity contribution in [2.24, 2.45) is 0 Å². The van der Waals surface area contributed by atoms with Crippen LogP contribution in [-0.4, -0.2) is 72.9 Å². The van der Waals surface area contributed by atoms with Gasteiger partial charge in [-0.15, -0.1) is 0 Å². The first-order chi connectivity index (χ1) is 20.7. The van der Waals surface area contributed by atoms with E-state index in [1.165, 1.54) is 11.1 Å². The smallest absolute Gasteiger partial charge is 0.142 e. The van der Waals surface area contributed by atoms with Gasteiger partial charge in [0.2, 0.25) is 0 Å². The first kappa shape index (κ1) is 30.0. The maximum Gasteiger partial charge on any atom is 0.142 e. The molecule has 2 heterocycles. The summed E-state index contributed by atoms with van der Waals surface area (Å²) in [5, 5.41) is 3.52. The van der Waals surface area contributed by atoms with Crippen LogP contribution >= 0.6 is 0 Å². The Hall–Kier alpha value is -3.46.